The normalized spacial score (nSPS) is 10.2. The molecule has 2 aromatic heterocycles. The van der Waals surface area contributed by atoms with Crippen LogP contribution in [-0.4, -0.2) is 15.2 Å². The number of H-pyrrole nitrogens is 1. The van der Waals surface area contributed by atoms with Crippen LogP contribution in [-0.2, 0) is 0 Å². The number of rotatable bonds is 1. The number of nitrogens with zero attached hydrogens (tertiary/aromatic N) is 2. The average molecular weight is 258 g/mol. The van der Waals surface area contributed by atoms with Crippen LogP contribution in [0, 0.1) is 4.84 Å². The molecule has 6 heteroatoms. The second-order valence-corrected chi connectivity index (χ2v) is 3.48. The molecule has 2 heterocycles. The lowest BCUT2D eigenvalue weighted by molar-refractivity contribution is 0.549. The Labute approximate surface area is 87.1 Å². The van der Waals surface area contributed by atoms with Gasteiger partial charge in [-0.25, -0.2) is 10.1 Å². The van der Waals surface area contributed by atoms with Gasteiger partial charge in [-0.3, -0.25) is 0 Å². The van der Waals surface area contributed by atoms with Crippen molar-refractivity contribution < 1.29 is 4.42 Å². The zero-order valence-electron chi connectivity index (χ0n) is 6.32. The zero-order valence-corrected chi connectivity index (χ0v) is 8.72. The molecule has 13 heavy (non-hydrogen) atoms. The van der Waals surface area contributed by atoms with Gasteiger partial charge in [0.2, 0.25) is 0 Å². The van der Waals surface area contributed by atoms with Crippen LogP contribution in [0.1, 0.15) is 0 Å². The van der Waals surface area contributed by atoms with Crippen LogP contribution in [0.3, 0.4) is 0 Å². The molecule has 0 aromatic carbocycles. The maximum absolute atomic E-state index is 5.11. The average Bonchev–Trinajstić information content (AvgIpc) is 2.53. The fourth-order valence-electron chi connectivity index (χ4n) is 0.874. The SMILES string of the molecule is S=c1[nH]nc(-c2ncccc2Br)o1. The first kappa shape index (κ1) is 8.58. The highest BCUT2D eigenvalue weighted by molar-refractivity contribution is 9.10. The Hall–Kier alpha value is -1.01. The Balaban J connectivity index is 2.58. The van der Waals surface area contributed by atoms with Crippen molar-refractivity contribution in [2.24, 2.45) is 0 Å². The monoisotopic (exact) mass is 257 g/mol. The first-order valence-corrected chi connectivity index (χ1v) is 4.64. The molecule has 0 spiro atoms. The third-order valence-electron chi connectivity index (χ3n) is 1.40. The first-order chi connectivity index (χ1) is 6.27. The van der Waals surface area contributed by atoms with Crippen LogP contribution in [0.4, 0.5) is 0 Å². The maximum atomic E-state index is 5.11. The zero-order chi connectivity index (χ0) is 9.26. The summed E-state index contributed by atoms with van der Waals surface area (Å²) in [5.74, 6) is 0.387. The molecular weight excluding hydrogens is 254 g/mol. The molecule has 2 aromatic rings. The molecule has 0 fully saturated rings. The number of pyridine rings is 1. The Bertz CT molecular complexity index is 478. The Kier molecular flexibility index (Phi) is 2.24. The lowest BCUT2D eigenvalue weighted by Gasteiger charge is -1.94. The van der Waals surface area contributed by atoms with Crippen molar-refractivity contribution in [3.05, 3.63) is 27.6 Å². The number of aromatic nitrogens is 3. The van der Waals surface area contributed by atoms with E-state index in [-0.39, 0.29) is 4.84 Å². The van der Waals surface area contributed by atoms with Gasteiger partial charge in [-0.15, -0.1) is 5.10 Å². The first-order valence-electron chi connectivity index (χ1n) is 3.44. The van der Waals surface area contributed by atoms with Crippen molar-refractivity contribution in [3.8, 4) is 11.6 Å². The molecule has 0 bridgehead atoms. The summed E-state index contributed by atoms with van der Waals surface area (Å²) in [4.78, 5) is 4.34. The molecule has 1 N–H and O–H groups in total. The largest absolute Gasteiger partial charge is 0.408 e. The second kappa shape index (κ2) is 3.39. The molecule has 66 valence electrons. The van der Waals surface area contributed by atoms with Gasteiger partial charge in [0.05, 0.1) is 0 Å². The Morgan fingerprint density at radius 1 is 1.54 bits per heavy atom. The quantitative estimate of drug-likeness (QED) is 0.798. The molecule has 0 saturated heterocycles. The van der Waals surface area contributed by atoms with Crippen molar-refractivity contribution >= 4 is 28.1 Å². The Morgan fingerprint density at radius 2 is 2.38 bits per heavy atom. The molecule has 0 saturated carbocycles. The molecular formula is C7H4BrN3OS. The van der Waals surface area contributed by atoms with Gasteiger partial charge in [0.25, 0.3) is 10.7 Å². The third-order valence-corrected chi connectivity index (χ3v) is 2.21. The van der Waals surface area contributed by atoms with Gasteiger partial charge in [0.15, 0.2) is 0 Å². The highest BCUT2D eigenvalue weighted by Gasteiger charge is 2.08. The minimum absolute atomic E-state index is 0.243. The van der Waals surface area contributed by atoms with Gasteiger partial charge in [0.1, 0.15) is 5.69 Å². The topological polar surface area (TPSA) is 54.7 Å². The predicted molar refractivity (Wildman–Crippen MR) is 52.6 cm³/mol. The summed E-state index contributed by atoms with van der Waals surface area (Å²) in [5, 5.41) is 6.39. The van der Waals surface area contributed by atoms with Crippen molar-refractivity contribution in [2.45, 2.75) is 0 Å². The molecule has 0 aliphatic rings. The van der Waals surface area contributed by atoms with Gasteiger partial charge in [-0.1, -0.05) is 0 Å². The molecule has 4 nitrogen and oxygen atoms in total. The van der Waals surface area contributed by atoms with Crippen LogP contribution in [0.25, 0.3) is 11.6 Å². The lowest BCUT2D eigenvalue weighted by Crippen LogP contribution is -1.83. The number of halogens is 1. The molecule has 0 aliphatic carbocycles. The lowest BCUT2D eigenvalue weighted by atomic mass is 10.3. The van der Waals surface area contributed by atoms with E-state index in [1.807, 2.05) is 12.1 Å². The summed E-state index contributed by atoms with van der Waals surface area (Å²) in [6.45, 7) is 0. The highest BCUT2D eigenvalue weighted by Crippen LogP contribution is 2.23. The minimum atomic E-state index is 0.243. The number of nitrogens with one attached hydrogen (secondary N) is 1. The summed E-state index contributed by atoms with van der Waals surface area (Å²) >= 11 is 8.08. The van der Waals surface area contributed by atoms with Crippen LogP contribution in [0.15, 0.2) is 27.2 Å². The minimum Gasteiger partial charge on any atom is -0.408 e. The van der Waals surface area contributed by atoms with E-state index >= 15 is 0 Å². The molecule has 2 rings (SSSR count). The van der Waals surface area contributed by atoms with Crippen molar-refractivity contribution in [2.75, 3.05) is 0 Å². The van der Waals surface area contributed by atoms with Gasteiger partial charge in [-0.05, 0) is 40.3 Å². The Morgan fingerprint density at radius 3 is 3.00 bits per heavy atom. The number of hydrogen-bond acceptors (Lipinski definition) is 4. The van der Waals surface area contributed by atoms with Gasteiger partial charge >= 0.3 is 0 Å². The van der Waals surface area contributed by atoms with E-state index in [1.54, 1.807) is 6.20 Å². The van der Waals surface area contributed by atoms with E-state index in [9.17, 15) is 0 Å². The summed E-state index contributed by atoms with van der Waals surface area (Å²) < 4.78 is 5.93. The van der Waals surface area contributed by atoms with Gasteiger partial charge in [0, 0.05) is 10.7 Å². The van der Waals surface area contributed by atoms with Crippen molar-refractivity contribution in [1.29, 1.82) is 0 Å². The molecule has 0 amide bonds. The summed E-state index contributed by atoms with van der Waals surface area (Å²) in [6, 6.07) is 3.67. The summed E-state index contributed by atoms with van der Waals surface area (Å²) in [7, 11) is 0. The molecule has 0 unspecified atom stereocenters. The molecule has 0 radical (unpaired) electrons. The second-order valence-electron chi connectivity index (χ2n) is 2.25. The van der Waals surface area contributed by atoms with Crippen molar-refractivity contribution in [3.63, 3.8) is 0 Å². The van der Waals surface area contributed by atoms with E-state index in [4.69, 9.17) is 16.6 Å². The molecule has 0 aliphatic heterocycles. The van der Waals surface area contributed by atoms with E-state index in [0.29, 0.717) is 11.6 Å². The third kappa shape index (κ3) is 1.68. The molecule has 0 atom stereocenters. The summed E-state index contributed by atoms with van der Waals surface area (Å²) in [5.41, 5.74) is 0.634. The van der Waals surface area contributed by atoms with E-state index in [2.05, 4.69) is 31.1 Å². The van der Waals surface area contributed by atoms with Crippen LogP contribution in [0.5, 0.6) is 0 Å². The van der Waals surface area contributed by atoms with Gasteiger partial charge in [-0.2, -0.15) is 0 Å². The predicted octanol–water partition coefficient (Wildman–Crippen LogP) is 2.56. The van der Waals surface area contributed by atoms with Crippen molar-refractivity contribution in [1.82, 2.24) is 15.2 Å². The summed E-state index contributed by atoms with van der Waals surface area (Å²) in [6.07, 6.45) is 1.66. The van der Waals surface area contributed by atoms with E-state index < -0.39 is 0 Å². The smallest absolute Gasteiger partial charge is 0.284 e. The number of aromatic amines is 1. The standard InChI is InChI=1S/C7H4BrN3OS/c8-4-2-1-3-9-5(4)6-10-11-7(13)12-6/h1-3H,(H,11,13). The highest BCUT2D eigenvalue weighted by atomic mass is 79.9. The van der Waals surface area contributed by atoms with Crippen LogP contribution in [0.2, 0.25) is 0 Å². The van der Waals surface area contributed by atoms with Gasteiger partial charge < -0.3 is 4.42 Å². The number of hydrogen-bond donors (Lipinski definition) is 1. The van der Waals surface area contributed by atoms with Crippen LogP contribution >= 0.6 is 28.1 Å². The van der Waals surface area contributed by atoms with E-state index in [0.717, 1.165) is 4.47 Å². The fraction of sp³-hybridized carbons (Fsp3) is 0. The van der Waals surface area contributed by atoms with E-state index in [1.165, 1.54) is 0 Å². The van der Waals surface area contributed by atoms with Crippen LogP contribution < -0.4 is 0 Å². The fourth-order valence-corrected chi connectivity index (χ4v) is 1.42. The maximum Gasteiger partial charge on any atom is 0.284 e.